The fourth-order valence-electron chi connectivity index (χ4n) is 4.95. The molecule has 9 nitrogen and oxygen atoms in total. The third-order valence-electron chi connectivity index (χ3n) is 7.40. The molecule has 0 aliphatic heterocycles. The van der Waals surface area contributed by atoms with Crippen molar-refractivity contribution >= 4 is 16.9 Å². The molecule has 0 saturated heterocycles. The van der Waals surface area contributed by atoms with Gasteiger partial charge in [0.15, 0.2) is 23.9 Å². The molecule has 1 N–H and O–H groups in total. The van der Waals surface area contributed by atoms with Crippen molar-refractivity contribution in [2.45, 2.75) is 19.8 Å². The van der Waals surface area contributed by atoms with E-state index >= 15 is 0 Å². The SMILES string of the molecule is COC(=O)COc1cc(-c2oc3cc(OCc4ccccc4)cc(O)c3c(=O)c2OCc2ccccc2)ccc1OCc1ccccc1. The largest absolute Gasteiger partial charge is 0.507 e. The molecule has 0 saturated carbocycles. The highest BCUT2D eigenvalue weighted by atomic mass is 16.6. The fraction of sp³-hybridized carbons (Fsp3) is 0.128. The summed E-state index contributed by atoms with van der Waals surface area (Å²) in [4.78, 5) is 26.0. The number of methoxy groups -OCH3 is 1. The van der Waals surface area contributed by atoms with Crippen LogP contribution < -0.4 is 24.4 Å². The quantitative estimate of drug-likeness (QED) is 0.128. The van der Waals surface area contributed by atoms with Gasteiger partial charge in [0.25, 0.3) is 0 Å². The van der Waals surface area contributed by atoms with Crippen LogP contribution in [0.4, 0.5) is 0 Å². The van der Waals surface area contributed by atoms with Crippen LogP contribution in [0.3, 0.4) is 0 Å². The van der Waals surface area contributed by atoms with Crippen LogP contribution in [0.15, 0.2) is 131 Å². The van der Waals surface area contributed by atoms with Crippen molar-refractivity contribution in [1.82, 2.24) is 0 Å². The number of aromatic hydroxyl groups is 1. The van der Waals surface area contributed by atoms with E-state index in [2.05, 4.69) is 0 Å². The number of hydrogen-bond donors (Lipinski definition) is 1. The highest BCUT2D eigenvalue weighted by molar-refractivity contribution is 5.88. The van der Waals surface area contributed by atoms with E-state index in [1.54, 1.807) is 24.3 Å². The van der Waals surface area contributed by atoms with Crippen molar-refractivity contribution in [3.8, 4) is 40.1 Å². The number of ether oxygens (including phenoxy) is 5. The predicted octanol–water partition coefficient (Wildman–Crippen LogP) is 7.45. The first kappa shape index (κ1) is 31.7. The summed E-state index contributed by atoms with van der Waals surface area (Å²) in [7, 11) is 1.27. The zero-order chi connectivity index (χ0) is 33.3. The topological polar surface area (TPSA) is 114 Å². The van der Waals surface area contributed by atoms with Gasteiger partial charge in [-0.1, -0.05) is 91.0 Å². The van der Waals surface area contributed by atoms with Crippen LogP contribution in [-0.4, -0.2) is 24.8 Å². The summed E-state index contributed by atoms with van der Waals surface area (Å²) in [5.74, 6) is -0.0482. The van der Waals surface area contributed by atoms with Crippen LogP contribution in [0.2, 0.25) is 0 Å². The van der Waals surface area contributed by atoms with Crippen LogP contribution in [-0.2, 0) is 29.4 Å². The molecule has 0 aliphatic rings. The van der Waals surface area contributed by atoms with Crippen molar-refractivity contribution in [2.24, 2.45) is 0 Å². The van der Waals surface area contributed by atoms with Crippen molar-refractivity contribution in [2.75, 3.05) is 13.7 Å². The van der Waals surface area contributed by atoms with Gasteiger partial charge in [-0.2, -0.15) is 0 Å². The lowest BCUT2D eigenvalue weighted by Crippen LogP contribution is -2.13. The maximum absolute atomic E-state index is 14.0. The Labute approximate surface area is 276 Å². The van der Waals surface area contributed by atoms with Gasteiger partial charge in [0.1, 0.15) is 42.3 Å². The van der Waals surface area contributed by atoms with Crippen molar-refractivity contribution in [3.63, 3.8) is 0 Å². The molecule has 0 aliphatic carbocycles. The zero-order valence-electron chi connectivity index (χ0n) is 26.1. The van der Waals surface area contributed by atoms with Gasteiger partial charge in [-0.15, -0.1) is 0 Å². The predicted molar refractivity (Wildman–Crippen MR) is 179 cm³/mol. The lowest BCUT2D eigenvalue weighted by molar-refractivity contribution is -0.142. The Kier molecular flexibility index (Phi) is 9.86. The molecule has 0 fully saturated rings. The minimum atomic E-state index is -0.586. The average molecular weight is 645 g/mol. The van der Waals surface area contributed by atoms with E-state index < -0.39 is 11.4 Å². The summed E-state index contributed by atoms with van der Waals surface area (Å²) in [5.41, 5.74) is 2.60. The molecule has 0 bridgehead atoms. The number of benzene rings is 5. The average Bonchev–Trinajstić information content (AvgIpc) is 3.12. The van der Waals surface area contributed by atoms with Crippen molar-refractivity contribution < 1.29 is 38.0 Å². The first-order valence-electron chi connectivity index (χ1n) is 15.2. The van der Waals surface area contributed by atoms with E-state index in [1.807, 2.05) is 91.0 Å². The maximum atomic E-state index is 14.0. The Morgan fingerprint density at radius 1 is 0.667 bits per heavy atom. The second-order valence-electron chi connectivity index (χ2n) is 10.8. The highest BCUT2D eigenvalue weighted by Gasteiger charge is 2.23. The van der Waals surface area contributed by atoms with Gasteiger partial charge < -0.3 is 33.2 Å². The van der Waals surface area contributed by atoms with Gasteiger partial charge in [-0.3, -0.25) is 4.79 Å². The van der Waals surface area contributed by atoms with E-state index in [0.717, 1.165) is 16.7 Å². The molecule has 1 aromatic heterocycles. The molecule has 0 radical (unpaired) electrons. The molecular weight excluding hydrogens is 612 g/mol. The fourth-order valence-corrected chi connectivity index (χ4v) is 4.95. The van der Waals surface area contributed by atoms with Gasteiger partial charge >= 0.3 is 5.97 Å². The van der Waals surface area contributed by atoms with E-state index in [0.29, 0.717) is 17.1 Å². The normalized spacial score (nSPS) is 10.8. The van der Waals surface area contributed by atoms with Crippen molar-refractivity contribution in [1.29, 1.82) is 0 Å². The second-order valence-corrected chi connectivity index (χ2v) is 10.8. The standard InChI is InChI=1S/C39H32O9/c1-43-35(41)25-46-33-19-29(17-18-32(33)45-23-27-13-7-3-8-14-27)38-39(47-24-28-15-9-4-10-16-28)37(42)36-31(40)20-30(21-34(36)48-38)44-22-26-11-5-2-6-12-26/h2-21,40H,22-25H2,1H3. The summed E-state index contributed by atoms with van der Waals surface area (Å²) in [6.07, 6.45) is 0. The van der Waals surface area contributed by atoms with Crippen LogP contribution in [0.25, 0.3) is 22.3 Å². The minimum absolute atomic E-state index is 0.0566. The van der Waals surface area contributed by atoms with E-state index in [-0.39, 0.29) is 60.4 Å². The molecule has 9 heteroatoms. The Morgan fingerprint density at radius 2 is 1.25 bits per heavy atom. The number of fused-ring (bicyclic) bond motifs is 1. The summed E-state index contributed by atoms with van der Waals surface area (Å²) in [6.45, 7) is 0.173. The smallest absolute Gasteiger partial charge is 0.343 e. The van der Waals surface area contributed by atoms with E-state index in [9.17, 15) is 14.7 Å². The Hall–Kier alpha value is -6.22. The van der Waals surface area contributed by atoms with Crippen LogP contribution in [0.5, 0.6) is 28.7 Å². The zero-order valence-corrected chi connectivity index (χ0v) is 26.1. The monoisotopic (exact) mass is 644 g/mol. The summed E-state index contributed by atoms with van der Waals surface area (Å²) in [5, 5.41) is 10.9. The molecule has 0 spiro atoms. The minimum Gasteiger partial charge on any atom is -0.507 e. The summed E-state index contributed by atoms with van der Waals surface area (Å²) in [6, 6.07) is 36.4. The molecular formula is C39H32O9. The first-order chi connectivity index (χ1) is 23.5. The molecule has 0 atom stereocenters. The van der Waals surface area contributed by atoms with E-state index in [4.69, 9.17) is 28.1 Å². The highest BCUT2D eigenvalue weighted by Crippen LogP contribution is 2.40. The number of phenolic OH excluding ortho intramolecular Hbond substituents is 1. The molecule has 6 aromatic rings. The Bertz CT molecular complexity index is 2060. The summed E-state index contributed by atoms with van der Waals surface area (Å²) >= 11 is 0. The molecule has 242 valence electrons. The van der Waals surface area contributed by atoms with Crippen LogP contribution in [0.1, 0.15) is 16.7 Å². The molecule has 48 heavy (non-hydrogen) atoms. The molecule has 0 unspecified atom stereocenters. The van der Waals surface area contributed by atoms with Crippen molar-refractivity contribution in [3.05, 3.63) is 148 Å². The van der Waals surface area contributed by atoms with Gasteiger partial charge in [-0.05, 0) is 34.9 Å². The lowest BCUT2D eigenvalue weighted by Gasteiger charge is -2.16. The third-order valence-corrected chi connectivity index (χ3v) is 7.40. The van der Waals surface area contributed by atoms with Gasteiger partial charge in [0, 0.05) is 17.7 Å². The Balaban J connectivity index is 1.42. The number of carbonyl (C=O) groups excluding carboxylic acids is 1. The molecule has 1 heterocycles. The van der Waals surface area contributed by atoms with Crippen LogP contribution in [0, 0.1) is 0 Å². The number of esters is 1. The number of phenols is 1. The number of carbonyl (C=O) groups is 1. The number of rotatable bonds is 13. The molecule has 5 aromatic carbocycles. The molecule has 0 amide bonds. The van der Waals surface area contributed by atoms with Crippen LogP contribution >= 0.6 is 0 Å². The van der Waals surface area contributed by atoms with Gasteiger partial charge in [0.2, 0.25) is 11.2 Å². The van der Waals surface area contributed by atoms with Gasteiger partial charge in [-0.25, -0.2) is 4.79 Å². The second kappa shape index (κ2) is 14.9. The first-order valence-corrected chi connectivity index (χ1v) is 15.2. The summed E-state index contributed by atoms with van der Waals surface area (Å²) < 4.78 is 35.0. The lowest BCUT2D eigenvalue weighted by atomic mass is 10.1. The maximum Gasteiger partial charge on any atom is 0.343 e. The Morgan fingerprint density at radius 3 is 1.85 bits per heavy atom. The number of hydrogen-bond acceptors (Lipinski definition) is 9. The third kappa shape index (κ3) is 7.59. The molecule has 6 rings (SSSR count). The van der Waals surface area contributed by atoms with Gasteiger partial charge in [0.05, 0.1) is 7.11 Å². The van der Waals surface area contributed by atoms with E-state index in [1.165, 1.54) is 13.2 Å².